The van der Waals surface area contributed by atoms with Crippen LogP contribution in [0.25, 0.3) is 21.6 Å². The number of nitrogens with one attached hydrogen (secondary N) is 1. The summed E-state index contributed by atoms with van der Waals surface area (Å²) in [5.74, 6) is 0.262. The van der Waals surface area contributed by atoms with Gasteiger partial charge in [-0.05, 0) is 37.1 Å². The minimum absolute atomic E-state index is 0.117. The lowest BCUT2D eigenvalue weighted by atomic mass is 9.96. The maximum absolute atomic E-state index is 11.8. The van der Waals surface area contributed by atoms with Crippen LogP contribution in [0.5, 0.6) is 0 Å². The first-order valence-corrected chi connectivity index (χ1v) is 9.21. The summed E-state index contributed by atoms with van der Waals surface area (Å²) in [6.45, 7) is 1.71. The molecule has 1 saturated heterocycles. The highest BCUT2D eigenvalue weighted by molar-refractivity contribution is 7.21. The second kappa shape index (κ2) is 6.76. The molecule has 1 amide bonds. The van der Waals surface area contributed by atoms with Crippen molar-refractivity contribution in [1.82, 2.24) is 20.3 Å². The van der Waals surface area contributed by atoms with Crippen molar-refractivity contribution < 1.29 is 4.79 Å². The van der Waals surface area contributed by atoms with Gasteiger partial charge in [0.2, 0.25) is 5.91 Å². The fraction of sp³-hybridized carbons (Fsp3) is 0.333. The standard InChI is InChI=1S/C18H19N5OS/c1-19-16(24)12-6-9-23(10-7-12)18-22-15-5-4-14(21-17(15)25-18)13-3-2-8-20-11-13/h2-5,8,11-12H,6-7,9-10H2,1H3,(H,19,24). The highest BCUT2D eigenvalue weighted by Crippen LogP contribution is 2.32. The number of thiazole rings is 1. The van der Waals surface area contributed by atoms with E-state index in [2.05, 4.69) is 15.2 Å². The molecular weight excluding hydrogens is 334 g/mol. The van der Waals surface area contributed by atoms with Gasteiger partial charge in [-0.1, -0.05) is 11.3 Å². The summed E-state index contributed by atoms with van der Waals surface area (Å²) < 4.78 is 0. The lowest BCUT2D eigenvalue weighted by Gasteiger charge is -2.30. The molecule has 1 N–H and O–H groups in total. The fourth-order valence-electron chi connectivity index (χ4n) is 3.15. The summed E-state index contributed by atoms with van der Waals surface area (Å²) in [6.07, 6.45) is 5.31. The van der Waals surface area contributed by atoms with Crippen molar-refractivity contribution in [3.63, 3.8) is 0 Å². The van der Waals surface area contributed by atoms with Crippen LogP contribution in [-0.2, 0) is 4.79 Å². The molecule has 1 fully saturated rings. The van der Waals surface area contributed by atoms with E-state index in [4.69, 9.17) is 9.97 Å². The van der Waals surface area contributed by atoms with Crippen LogP contribution in [0.4, 0.5) is 5.13 Å². The van der Waals surface area contributed by atoms with Gasteiger partial charge < -0.3 is 10.2 Å². The third kappa shape index (κ3) is 3.19. The zero-order chi connectivity index (χ0) is 17.2. The SMILES string of the molecule is CNC(=O)C1CCN(c2nc3ccc(-c4cccnc4)nc3s2)CC1. The van der Waals surface area contributed by atoms with Gasteiger partial charge in [0.25, 0.3) is 0 Å². The van der Waals surface area contributed by atoms with Gasteiger partial charge in [0, 0.05) is 44.0 Å². The maximum atomic E-state index is 11.8. The number of carbonyl (C=O) groups is 1. The van der Waals surface area contributed by atoms with Crippen molar-refractivity contribution >= 4 is 32.7 Å². The van der Waals surface area contributed by atoms with Crippen molar-refractivity contribution in [1.29, 1.82) is 0 Å². The molecule has 0 bridgehead atoms. The summed E-state index contributed by atoms with van der Waals surface area (Å²) in [5, 5.41) is 3.73. The Balaban J connectivity index is 1.55. The van der Waals surface area contributed by atoms with Gasteiger partial charge in [-0.15, -0.1) is 0 Å². The van der Waals surface area contributed by atoms with Crippen molar-refractivity contribution in [3.8, 4) is 11.3 Å². The van der Waals surface area contributed by atoms with Gasteiger partial charge in [-0.3, -0.25) is 9.78 Å². The van der Waals surface area contributed by atoms with E-state index in [0.29, 0.717) is 0 Å². The van der Waals surface area contributed by atoms with Gasteiger partial charge in [-0.2, -0.15) is 0 Å². The van der Waals surface area contributed by atoms with E-state index >= 15 is 0 Å². The Labute approximate surface area is 149 Å². The molecule has 0 spiro atoms. The smallest absolute Gasteiger partial charge is 0.222 e. The first-order valence-electron chi connectivity index (χ1n) is 8.39. The Morgan fingerprint density at radius 3 is 2.80 bits per heavy atom. The first kappa shape index (κ1) is 16.0. The van der Waals surface area contributed by atoms with Crippen LogP contribution in [-0.4, -0.2) is 41.0 Å². The normalized spacial score (nSPS) is 15.5. The Morgan fingerprint density at radius 2 is 2.08 bits per heavy atom. The number of carbonyl (C=O) groups excluding carboxylic acids is 1. The number of hydrogen-bond acceptors (Lipinski definition) is 6. The molecule has 0 radical (unpaired) electrons. The zero-order valence-corrected chi connectivity index (χ0v) is 14.8. The van der Waals surface area contributed by atoms with Crippen molar-refractivity contribution in [2.75, 3.05) is 25.0 Å². The predicted octanol–water partition coefficient (Wildman–Crippen LogP) is 2.72. The highest BCUT2D eigenvalue weighted by Gasteiger charge is 2.25. The topological polar surface area (TPSA) is 71.0 Å². The number of fused-ring (bicyclic) bond motifs is 1. The largest absolute Gasteiger partial charge is 0.359 e. The molecule has 128 valence electrons. The summed E-state index contributed by atoms with van der Waals surface area (Å²) in [7, 11) is 1.70. The molecular formula is C18H19N5OS. The average Bonchev–Trinajstić information content (AvgIpc) is 3.11. The van der Waals surface area contributed by atoms with E-state index in [1.807, 2.05) is 30.5 Å². The average molecular weight is 353 g/mol. The predicted molar refractivity (Wildman–Crippen MR) is 99.6 cm³/mol. The molecule has 3 aromatic rings. The van der Waals surface area contributed by atoms with Crippen molar-refractivity contribution in [2.24, 2.45) is 5.92 Å². The lowest BCUT2D eigenvalue weighted by Crippen LogP contribution is -2.39. The molecule has 0 aromatic carbocycles. The fourth-order valence-corrected chi connectivity index (χ4v) is 4.14. The second-order valence-corrected chi connectivity index (χ2v) is 7.09. The van der Waals surface area contributed by atoms with E-state index < -0.39 is 0 Å². The number of nitrogens with zero attached hydrogens (tertiary/aromatic N) is 4. The minimum Gasteiger partial charge on any atom is -0.359 e. The van der Waals surface area contributed by atoms with Gasteiger partial charge in [0.15, 0.2) is 5.13 Å². The van der Waals surface area contributed by atoms with E-state index in [9.17, 15) is 4.79 Å². The zero-order valence-electron chi connectivity index (χ0n) is 14.0. The van der Waals surface area contributed by atoms with E-state index in [-0.39, 0.29) is 11.8 Å². The van der Waals surface area contributed by atoms with Crippen molar-refractivity contribution in [3.05, 3.63) is 36.7 Å². The molecule has 0 aliphatic carbocycles. The van der Waals surface area contributed by atoms with Crippen LogP contribution in [0.15, 0.2) is 36.7 Å². The second-order valence-electron chi connectivity index (χ2n) is 6.13. The van der Waals surface area contributed by atoms with Crippen LogP contribution >= 0.6 is 11.3 Å². The van der Waals surface area contributed by atoms with E-state index in [0.717, 1.165) is 52.7 Å². The maximum Gasteiger partial charge on any atom is 0.222 e. The third-order valence-electron chi connectivity index (χ3n) is 4.58. The van der Waals surface area contributed by atoms with E-state index in [1.165, 1.54) is 0 Å². The summed E-state index contributed by atoms with van der Waals surface area (Å²) in [5.41, 5.74) is 2.83. The molecule has 1 aliphatic rings. The van der Waals surface area contributed by atoms with Crippen LogP contribution in [0.3, 0.4) is 0 Å². The molecule has 0 unspecified atom stereocenters. The van der Waals surface area contributed by atoms with Gasteiger partial charge in [0.05, 0.1) is 5.69 Å². The van der Waals surface area contributed by atoms with Crippen molar-refractivity contribution in [2.45, 2.75) is 12.8 Å². The van der Waals surface area contributed by atoms with Crippen LogP contribution in [0.2, 0.25) is 0 Å². The molecule has 0 atom stereocenters. The number of pyridine rings is 2. The van der Waals surface area contributed by atoms with Gasteiger partial charge in [-0.25, -0.2) is 9.97 Å². The summed E-state index contributed by atoms with van der Waals surface area (Å²) >= 11 is 1.61. The van der Waals surface area contributed by atoms with E-state index in [1.54, 1.807) is 24.6 Å². The Kier molecular flexibility index (Phi) is 4.31. The minimum atomic E-state index is 0.117. The van der Waals surface area contributed by atoms with Gasteiger partial charge in [0.1, 0.15) is 10.3 Å². The third-order valence-corrected chi connectivity index (χ3v) is 5.61. The number of rotatable bonds is 3. The number of aromatic nitrogens is 3. The molecule has 4 rings (SSSR count). The van der Waals surface area contributed by atoms with Gasteiger partial charge >= 0.3 is 0 Å². The summed E-state index contributed by atoms with van der Waals surface area (Å²) in [6, 6.07) is 7.92. The molecule has 1 aliphatic heterocycles. The number of piperidine rings is 1. The van der Waals surface area contributed by atoms with Crippen LogP contribution < -0.4 is 10.2 Å². The van der Waals surface area contributed by atoms with Crippen LogP contribution in [0.1, 0.15) is 12.8 Å². The molecule has 7 heteroatoms. The monoisotopic (exact) mass is 353 g/mol. The molecule has 3 aromatic heterocycles. The molecule has 25 heavy (non-hydrogen) atoms. The summed E-state index contributed by atoms with van der Waals surface area (Å²) in [4.78, 5) is 28.6. The Morgan fingerprint density at radius 1 is 1.24 bits per heavy atom. The van der Waals surface area contributed by atoms with Crippen LogP contribution in [0, 0.1) is 5.92 Å². The number of amides is 1. The Hall–Kier alpha value is -2.54. The molecule has 0 saturated carbocycles. The Bertz CT molecular complexity index is 887. The highest BCUT2D eigenvalue weighted by atomic mass is 32.1. The molecule has 6 nitrogen and oxygen atoms in total. The molecule has 4 heterocycles. The number of anilines is 1. The lowest BCUT2D eigenvalue weighted by molar-refractivity contribution is -0.125. The first-order chi connectivity index (χ1) is 12.2. The number of hydrogen-bond donors (Lipinski definition) is 1. The quantitative estimate of drug-likeness (QED) is 0.784.